The first-order valence-electron chi connectivity index (χ1n) is 9.36. The van der Waals surface area contributed by atoms with Crippen LogP contribution < -0.4 is 4.74 Å². The van der Waals surface area contributed by atoms with E-state index in [1.54, 1.807) is 0 Å². The number of hydrogen-bond donors (Lipinski definition) is 1. The van der Waals surface area contributed by atoms with Crippen molar-refractivity contribution in [3.63, 3.8) is 0 Å². The number of carbonyl (C=O) groups is 1. The minimum Gasteiger partial charge on any atom is -0.473 e. The summed E-state index contributed by atoms with van der Waals surface area (Å²) in [6.45, 7) is 11.6. The third-order valence-electron chi connectivity index (χ3n) is 5.18. The monoisotopic (exact) mass is 349 g/mol. The van der Waals surface area contributed by atoms with Gasteiger partial charge in [0.1, 0.15) is 11.7 Å². The van der Waals surface area contributed by atoms with Gasteiger partial charge < -0.3 is 14.4 Å². The lowest BCUT2D eigenvalue weighted by Gasteiger charge is -2.52. The molecule has 0 bridgehead atoms. The van der Waals surface area contributed by atoms with E-state index in [1.807, 2.05) is 31.7 Å². The average Bonchev–Trinajstić information content (AvgIpc) is 2.93. The first-order valence-corrected chi connectivity index (χ1v) is 9.36. The Morgan fingerprint density at radius 3 is 2.48 bits per heavy atom. The Hall–Kier alpha value is -1.72. The summed E-state index contributed by atoms with van der Waals surface area (Å²) < 4.78 is 11.5. The summed E-state index contributed by atoms with van der Waals surface area (Å²) >= 11 is 0. The fourth-order valence-electron chi connectivity index (χ4n) is 3.70. The number of likely N-dealkylation sites (tertiary alicyclic amines) is 1. The van der Waals surface area contributed by atoms with Crippen LogP contribution in [0.1, 0.15) is 71.9 Å². The van der Waals surface area contributed by atoms with Crippen molar-refractivity contribution in [1.82, 2.24) is 15.1 Å². The molecule has 0 unspecified atom stereocenters. The van der Waals surface area contributed by atoms with Crippen LogP contribution in [0.5, 0.6) is 5.88 Å². The minimum absolute atomic E-state index is 0.186. The number of nitrogens with one attached hydrogen (secondary N) is 1. The Labute approximate surface area is 150 Å². The van der Waals surface area contributed by atoms with Crippen LogP contribution in [-0.2, 0) is 4.74 Å². The van der Waals surface area contributed by atoms with Crippen LogP contribution in [0, 0.1) is 5.41 Å². The van der Waals surface area contributed by atoms with Crippen molar-refractivity contribution in [2.24, 2.45) is 5.41 Å². The first-order chi connectivity index (χ1) is 11.7. The van der Waals surface area contributed by atoms with Crippen molar-refractivity contribution in [3.05, 3.63) is 11.8 Å². The van der Waals surface area contributed by atoms with E-state index in [4.69, 9.17) is 9.47 Å². The zero-order valence-electron chi connectivity index (χ0n) is 16.1. The van der Waals surface area contributed by atoms with Crippen LogP contribution in [0.2, 0.25) is 0 Å². The number of carbonyl (C=O) groups excluding carboxylic acids is 1. The normalized spacial score (nSPS) is 20.6. The highest BCUT2D eigenvalue weighted by atomic mass is 16.6. The summed E-state index contributed by atoms with van der Waals surface area (Å²) in [5.41, 5.74) is 0.948. The number of aromatic amines is 1. The molecule has 6 heteroatoms. The maximum Gasteiger partial charge on any atom is 0.410 e. The Morgan fingerprint density at radius 1 is 1.32 bits per heavy atom. The van der Waals surface area contributed by atoms with Gasteiger partial charge in [-0.15, -0.1) is 5.10 Å². The molecular weight excluding hydrogens is 318 g/mol. The Balaban J connectivity index is 1.44. The lowest BCUT2D eigenvalue weighted by atomic mass is 9.68. The van der Waals surface area contributed by atoms with Gasteiger partial charge in [0.05, 0.1) is 0 Å². The van der Waals surface area contributed by atoms with Crippen molar-refractivity contribution < 1.29 is 14.3 Å². The van der Waals surface area contributed by atoms with E-state index < -0.39 is 5.60 Å². The van der Waals surface area contributed by atoms with Crippen LogP contribution in [0.25, 0.3) is 0 Å². The molecule has 1 aromatic heterocycles. The molecule has 6 nitrogen and oxygen atoms in total. The SMILES string of the molecule is CC(C)c1cc(OC2CCC3(CC2)CN(C(=O)OC(C)(C)C)C3)n[nH]1. The molecule has 1 aromatic rings. The lowest BCUT2D eigenvalue weighted by molar-refractivity contribution is -0.0610. The molecule has 2 fully saturated rings. The fraction of sp³-hybridized carbons (Fsp3) is 0.789. The van der Waals surface area contributed by atoms with Gasteiger partial charge in [-0.3, -0.25) is 5.10 Å². The largest absolute Gasteiger partial charge is 0.473 e. The van der Waals surface area contributed by atoms with Crippen LogP contribution in [0.4, 0.5) is 4.79 Å². The highest BCUT2D eigenvalue weighted by Crippen LogP contribution is 2.45. The Kier molecular flexibility index (Phi) is 4.73. The lowest BCUT2D eigenvalue weighted by Crippen LogP contribution is -2.60. The number of amides is 1. The quantitative estimate of drug-likeness (QED) is 0.892. The topological polar surface area (TPSA) is 67.4 Å². The van der Waals surface area contributed by atoms with Crippen LogP contribution in [0.3, 0.4) is 0 Å². The van der Waals surface area contributed by atoms with Crippen molar-refractivity contribution >= 4 is 6.09 Å². The number of rotatable bonds is 3. The molecule has 1 aliphatic heterocycles. The molecule has 1 aliphatic carbocycles. The van der Waals surface area contributed by atoms with E-state index in [9.17, 15) is 4.79 Å². The molecule has 0 atom stereocenters. The van der Waals surface area contributed by atoms with E-state index in [0.29, 0.717) is 11.8 Å². The molecule has 1 saturated heterocycles. The fourth-order valence-corrected chi connectivity index (χ4v) is 3.70. The highest BCUT2D eigenvalue weighted by Gasteiger charge is 2.48. The summed E-state index contributed by atoms with van der Waals surface area (Å²) in [4.78, 5) is 13.9. The molecular formula is C19H31N3O3. The molecule has 1 saturated carbocycles. The second-order valence-corrected chi connectivity index (χ2v) is 8.97. The standard InChI is InChI=1S/C19H31N3O3/c1-13(2)15-10-16(21-20-15)24-14-6-8-19(9-7-14)11-22(12-19)17(23)25-18(3,4)5/h10,13-14H,6-9,11-12H2,1-5H3,(H,20,21). The van der Waals surface area contributed by atoms with Gasteiger partial charge in [-0.1, -0.05) is 13.8 Å². The predicted molar refractivity (Wildman–Crippen MR) is 95.8 cm³/mol. The van der Waals surface area contributed by atoms with E-state index in [0.717, 1.165) is 44.5 Å². The third-order valence-corrected chi connectivity index (χ3v) is 5.18. The Bertz CT molecular complexity index is 602. The number of aromatic nitrogens is 2. The van der Waals surface area contributed by atoms with Gasteiger partial charge in [0.15, 0.2) is 0 Å². The van der Waals surface area contributed by atoms with Gasteiger partial charge in [0.25, 0.3) is 0 Å². The molecule has 0 aromatic carbocycles. The second-order valence-electron chi connectivity index (χ2n) is 8.97. The van der Waals surface area contributed by atoms with E-state index in [-0.39, 0.29) is 17.6 Å². The number of hydrogen-bond acceptors (Lipinski definition) is 4. The molecule has 1 spiro atoms. The Morgan fingerprint density at radius 2 is 1.96 bits per heavy atom. The summed E-state index contributed by atoms with van der Waals surface area (Å²) in [7, 11) is 0. The summed E-state index contributed by atoms with van der Waals surface area (Å²) in [6, 6.07) is 2.00. The van der Waals surface area contributed by atoms with E-state index in [2.05, 4.69) is 24.0 Å². The molecule has 25 heavy (non-hydrogen) atoms. The van der Waals surface area contributed by atoms with Gasteiger partial charge in [-0.25, -0.2) is 4.79 Å². The van der Waals surface area contributed by atoms with Gasteiger partial charge in [0, 0.05) is 30.3 Å². The van der Waals surface area contributed by atoms with E-state index in [1.165, 1.54) is 0 Å². The van der Waals surface area contributed by atoms with Gasteiger partial charge in [-0.2, -0.15) is 0 Å². The molecule has 2 heterocycles. The zero-order valence-corrected chi connectivity index (χ0v) is 16.1. The van der Waals surface area contributed by atoms with Gasteiger partial charge in [-0.05, 0) is 52.4 Å². The third kappa shape index (κ3) is 4.28. The summed E-state index contributed by atoms with van der Waals surface area (Å²) in [6.07, 6.45) is 4.27. The van der Waals surface area contributed by atoms with Crippen molar-refractivity contribution in [1.29, 1.82) is 0 Å². The first kappa shape index (κ1) is 18.1. The van der Waals surface area contributed by atoms with E-state index >= 15 is 0 Å². The van der Waals surface area contributed by atoms with Crippen molar-refractivity contribution in [2.45, 2.75) is 77.9 Å². The number of H-pyrrole nitrogens is 1. The number of nitrogens with zero attached hydrogens (tertiary/aromatic N) is 2. The van der Waals surface area contributed by atoms with Crippen LogP contribution >= 0.6 is 0 Å². The highest BCUT2D eigenvalue weighted by molar-refractivity contribution is 5.69. The molecule has 0 radical (unpaired) electrons. The van der Waals surface area contributed by atoms with Crippen molar-refractivity contribution in [2.75, 3.05) is 13.1 Å². The van der Waals surface area contributed by atoms with Crippen molar-refractivity contribution in [3.8, 4) is 5.88 Å². The molecule has 3 rings (SSSR count). The smallest absolute Gasteiger partial charge is 0.410 e. The zero-order chi connectivity index (χ0) is 18.2. The summed E-state index contributed by atoms with van der Waals surface area (Å²) in [5.74, 6) is 1.13. The molecule has 140 valence electrons. The predicted octanol–water partition coefficient (Wildman–Crippen LogP) is 4.09. The molecule has 2 aliphatic rings. The van der Waals surface area contributed by atoms with Crippen LogP contribution in [-0.4, -0.2) is 46.0 Å². The van der Waals surface area contributed by atoms with Gasteiger partial charge >= 0.3 is 6.09 Å². The van der Waals surface area contributed by atoms with Gasteiger partial charge in [0.2, 0.25) is 5.88 Å². The molecule has 1 amide bonds. The second kappa shape index (κ2) is 6.54. The number of ether oxygens (including phenoxy) is 2. The average molecular weight is 349 g/mol. The molecule has 1 N–H and O–H groups in total. The minimum atomic E-state index is -0.427. The summed E-state index contributed by atoms with van der Waals surface area (Å²) in [5, 5.41) is 7.29. The van der Waals surface area contributed by atoms with Crippen LogP contribution in [0.15, 0.2) is 6.07 Å². The maximum atomic E-state index is 12.1. The maximum absolute atomic E-state index is 12.1.